The van der Waals surface area contributed by atoms with Crippen LogP contribution in [0.25, 0.3) is 0 Å². The molecule has 0 fully saturated rings. The van der Waals surface area contributed by atoms with Crippen LogP contribution in [0.3, 0.4) is 0 Å². The number of aryl methyl sites for hydroxylation is 2. The van der Waals surface area contributed by atoms with Crippen molar-refractivity contribution in [3.63, 3.8) is 0 Å². The fourth-order valence-electron chi connectivity index (χ4n) is 1.68. The van der Waals surface area contributed by atoms with E-state index in [0.717, 1.165) is 12.0 Å². The average molecular weight is 218 g/mol. The number of aliphatic hydroxyl groups is 1. The van der Waals surface area contributed by atoms with Gasteiger partial charge in [-0.2, -0.15) is 0 Å². The van der Waals surface area contributed by atoms with E-state index in [1.54, 1.807) is 24.1 Å². The average Bonchev–Trinajstić information content (AvgIpc) is 2.74. The van der Waals surface area contributed by atoms with Crippen molar-refractivity contribution < 1.29 is 5.11 Å². The summed E-state index contributed by atoms with van der Waals surface area (Å²) < 4.78 is 1.55. The van der Waals surface area contributed by atoms with E-state index in [0.29, 0.717) is 11.4 Å². The van der Waals surface area contributed by atoms with Crippen molar-refractivity contribution >= 4 is 0 Å². The molecule has 0 spiro atoms. The Kier molecular flexibility index (Phi) is 2.96. The van der Waals surface area contributed by atoms with Crippen molar-refractivity contribution in [2.24, 2.45) is 7.05 Å². The second-order valence-corrected chi connectivity index (χ2v) is 3.59. The van der Waals surface area contributed by atoms with Crippen LogP contribution in [0.1, 0.15) is 30.0 Å². The molecule has 1 N–H and O–H groups in total. The number of aliphatic hydroxyl groups excluding tert-OH is 1. The van der Waals surface area contributed by atoms with E-state index >= 15 is 0 Å². The van der Waals surface area contributed by atoms with Gasteiger partial charge in [-0.25, -0.2) is 4.68 Å². The van der Waals surface area contributed by atoms with Crippen molar-refractivity contribution in [2.75, 3.05) is 0 Å². The summed E-state index contributed by atoms with van der Waals surface area (Å²) in [5, 5.41) is 17.8. The highest BCUT2D eigenvalue weighted by molar-refractivity contribution is 5.26. The van der Waals surface area contributed by atoms with Crippen molar-refractivity contribution in [3.05, 3.63) is 41.5 Å². The van der Waals surface area contributed by atoms with Crippen LogP contribution < -0.4 is 0 Å². The summed E-state index contributed by atoms with van der Waals surface area (Å²) in [6.45, 7) is 2.04. The first-order valence-electron chi connectivity index (χ1n) is 5.20. The zero-order valence-electron chi connectivity index (χ0n) is 9.33. The molecule has 0 saturated heterocycles. The van der Waals surface area contributed by atoms with E-state index in [2.05, 4.69) is 15.3 Å². The van der Waals surface area contributed by atoms with Crippen LogP contribution in [0.15, 0.2) is 24.5 Å². The summed E-state index contributed by atoms with van der Waals surface area (Å²) in [4.78, 5) is 4.23. The molecule has 2 aromatic rings. The molecule has 84 valence electrons. The smallest absolute Gasteiger partial charge is 0.139 e. The van der Waals surface area contributed by atoms with E-state index in [-0.39, 0.29) is 0 Å². The molecule has 0 aliphatic rings. The van der Waals surface area contributed by atoms with Gasteiger partial charge in [0.1, 0.15) is 6.10 Å². The minimum atomic E-state index is -0.767. The van der Waals surface area contributed by atoms with E-state index in [4.69, 9.17) is 0 Å². The first-order valence-corrected chi connectivity index (χ1v) is 5.20. The molecule has 1 unspecified atom stereocenters. The maximum Gasteiger partial charge on any atom is 0.139 e. The predicted molar refractivity (Wildman–Crippen MR) is 58.7 cm³/mol. The lowest BCUT2D eigenvalue weighted by atomic mass is 10.1. The Bertz CT molecular complexity index is 480. The van der Waals surface area contributed by atoms with Gasteiger partial charge in [0.2, 0.25) is 0 Å². The molecule has 0 radical (unpaired) electrons. The summed E-state index contributed by atoms with van der Waals surface area (Å²) in [6.07, 6.45) is 3.31. The number of pyridine rings is 1. The molecule has 2 heterocycles. The normalized spacial score (nSPS) is 12.7. The third kappa shape index (κ3) is 1.81. The Balaban J connectivity index is 2.41. The van der Waals surface area contributed by atoms with Crippen LogP contribution in [-0.2, 0) is 13.5 Å². The van der Waals surface area contributed by atoms with Crippen molar-refractivity contribution in [3.8, 4) is 0 Å². The van der Waals surface area contributed by atoms with Gasteiger partial charge in [-0.15, -0.1) is 5.10 Å². The summed E-state index contributed by atoms with van der Waals surface area (Å²) in [5.41, 5.74) is 2.36. The fraction of sp³-hybridized carbons (Fsp3) is 0.364. The van der Waals surface area contributed by atoms with Crippen LogP contribution in [-0.4, -0.2) is 25.1 Å². The summed E-state index contributed by atoms with van der Waals surface area (Å²) in [5.74, 6) is 0. The third-order valence-corrected chi connectivity index (χ3v) is 2.60. The molecule has 1 atom stereocenters. The molecule has 5 nitrogen and oxygen atoms in total. The van der Waals surface area contributed by atoms with Crippen LogP contribution in [0.2, 0.25) is 0 Å². The lowest BCUT2D eigenvalue weighted by Gasteiger charge is -2.12. The second kappa shape index (κ2) is 4.40. The van der Waals surface area contributed by atoms with Crippen LogP contribution >= 0.6 is 0 Å². The van der Waals surface area contributed by atoms with Crippen molar-refractivity contribution in [2.45, 2.75) is 19.4 Å². The lowest BCUT2D eigenvalue weighted by molar-refractivity contribution is 0.203. The molecule has 2 aromatic heterocycles. The van der Waals surface area contributed by atoms with Gasteiger partial charge in [0, 0.05) is 13.2 Å². The minimum absolute atomic E-state index is 0.647. The van der Waals surface area contributed by atoms with Gasteiger partial charge in [-0.3, -0.25) is 4.98 Å². The number of aromatic nitrogens is 4. The van der Waals surface area contributed by atoms with Gasteiger partial charge in [0.05, 0.1) is 17.6 Å². The van der Waals surface area contributed by atoms with Gasteiger partial charge in [-0.05, 0) is 18.1 Å². The molecule has 5 heteroatoms. The molecule has 0 aliphatic heterocycles. The monoisotopic (exact) mass is 218 g/mol. The summed E-state index contributed by atoms with van der Waals surface area (Å²) >= 11 is 0. The van der Waals surface area contributed by atoms with E-state index < -0.39 is 6.10 Å². The molecule has 2 rings (SSSR count). The van der Waals surface area contributed by atoms with E-state index in [1.807, 2.05) is 19.1 Å². The second-order valence-electron chi connectivity index (χ2n) is 3.59. The quantitative estimate of drug-likeness (QED) is 0.829. The molecular weight excluding hydrogens is 204 g/mol. The van der Waals surface area contributed by atoms with Crippen LogP contribution in [0.4, 0.5) is 0 Å². The predicted octanol–water partition coefficient (Wildman–Crippen LogP) is 0.854. The third-order valence-electron chi connectivity index (χ3n) is 2.60. The fourth-order valence-corrected chi connectivity index (χ4v) is 1.68. The Labute approximate surface area is 93.8 Å². The Morgan fingerprint density at radius 3 is 2.94 bits per heavy atom. The highest BCUT2D eigenvalue weighted by atomic mass is 16.3. The Morgan fingerprint density at radius 2 is 2.31 bits per heavy atom. The molecule has 16 heavy (non-hydrogen) atoms. The molecular formula is C11H14N4O. The number of rotatable bonds is 3. The SMILES string of the molecule is CCc1cccnc1C(O)c1cnnn1C. The first kappa shape index (κ1) is 10.8. The highest BCUT2D eigenvalue weighted by Crippen LogP contribution is 2.21. The van der Waals surface area contributed by atoms with Crippen LogP contribution in [0, 0.1) is 0 Å². The molecule has 0 saturated carbocycles. The number of hydrogen-bond acceptors (Lipinski definition) is 4. The van der Waals surface area contributed by atoms with Crippen molar-refractivity contribution in [1.82, 2.24) is 20.0 Å². The lowest BCUT2D eigenvalue weighted by Crippen LogP contribution is -2.10. The number of hydrogen-bond donors (Lipinski definition) is 1. The summed E-state index contributed by atoms with van der Waals surface area (Å²) in [6, 6.07) is 3.84. The van der Waals surface area contributed by atoms with E-state index in [9.17, 15) is 5.11 Å². The Morgan fingerprint density at radius 1 is 1.50 bits per heavy atom. The van der Waals surface area contributed by atoms with Crippen molar-refractivity contribution in [1.29, 1.82) is 0 Å². The Hall–Kier alpha value is -1.75. The zero-order valence-corrected chi connectivity index (χ0v) is 9.33. The first-order chi connectivity index (χ1) is 7.74. The standard InChI is InChI=1S/C11H14N4O/c1-3-8-5-4-6-12-10(8)11(16)9-7-13-14-15(9)2/h4-7,11,16H,3H2,1-2H3. The topological polar surface area (TPSA) is 63.8 Å². The highest BCUT2D eigenvalue weighted by Gasteiger charge is 2.18. The zero-order chi connectivity index (χ0) is 11.5. The van der Waals surface area contributed by atoms with E-state index in [1.165, 1.54) is 0 Å². The summed E-state index contributed by atoms with van der Waals surface area (Å²) in [7, 11) is 1.75. The maximum absolute atomic E-state index is 10.2. The van der Waals surface area contributed by atoms with Gasteiger partial charge in [0.25, 0.3) is 0 Å². The van der Waals surface area contributed by atoms with Gasteiger partial charge >= 0.3 is 0 Å². The molecule has 0 amide bonds. The minimum Gasteiger partial charge on any atom is -0.380 e. The maximum atomic E-state index is 10.2. The van der Waals surface area contributed by atoms with Gasteiger partial charge < -0.3 is 5.11 Å². The molecule has 0 bridgehead atoms. The van der Waals surface area contributed by atoms with Gasteiger partial charge in [0.15, 0.2) is 0 Å². The molecule has 0 aliphatic carbocycles. The number of nitrogens with zero attached hydrogens (tertiary/aromatic N) is 4. The largest absolute Gasteiger partial charge is 0.380 e. The van der Waals surface area contributed by atoms with Crippen LogP contribution in [0.5, 0.6) is 0 Å². The molecule has 0 aromatic carbocycles. The van der Waals surface area contributed by atoms with Gasteiger partial charge in [-0.1, -0.05) is 18.2 Å².